The van der Waals surface area contributed by atoms with Crippen LogP contribution in [0.3, 0.4) is 0 Å². The van der Waals surface area contributed by atoms with E-state index in [0.717, 1.165) is 5.56 Å². The van der Waals surface area contributed by atoms with Crippen LogP contribution in [0.25, 0.3) is 0 Å². The molecule has 0 amide bonds. The lowest BCUT2D eigenvalue weighted by Gasteiger charge is -2.12. The van der Waals surface area contributed by atoms with Crippen molar-refractivity contribution in [1.29, 1.82) is 0 Å². The van der Waals surface area contributed by atoms with E-state index in [2.05, 4.69) is 15.9 Å². The first kappa shape index (κ1) is 15.6. The zero-order valence-electron chi connectivity index (χ0n) is 10.2. The lowest BCUT2D eigenvalue weighted by molar-refractivity contribution is 0.583. The van der Waals surface area contributed by atoms with Crippen LogP contribution in [0.4, 0.5) is 4.39 Å². The highest BCUT2D eigenvalue weighted by atomic mass is 79.9. The number of hydrogen-bond donors (Lipinski definition) is 1. The average molecular weight is 338 g/mol. The predicted octanol–water partition coefficient (Wildman–Crippen LogP) is 2.80. The number of halogens is 2. The topological polar surface area (TPSA) is 60.2 Å². The summed E-state index contributed by atoms with van der Waals surface area (Å²) < 4.78 is 36.1. The number of sulfone groups is 1. The van der Waals surface area contributed by atoms with E-state index in [4.69, 9.17) is 5.73 Å². The molecule has 0 spiro atoms. The van der Waals surface area contributed by atoms with Gasteiger partial charge in [0, 0.05) is 11.8 Å². The second kappa shape index (κ2) is 6.63. The molecule has 0 aromatic heterocycles. The molecule has 0 saturated carbocycles. The second-order valence-electron chi connectivity index (χ2n) is 4.16. The number of rotatable bonds is 6. The molecule has 1 aromatic rings. The highest BCUT2D eigenvalue weighted by Crippen LogP contribution is 2.22. The van der Waals surface area contributed by atoms with Crippen LogP contribution in [0, 0.1) is 5.82 Å². The van der Waals surface area contributed by atoms with E-state index < -0.39 is 9.84 Å². The highest BCUT2D eigenvalue weighted by molar-refractivity contribution is 9.10. The first-order chi connectivity index (χ1) is 8.35. The van der Waals surface area contributed by atoms with Gasteiger partial charge in [-0.3, -0.25) is 0 Å². The summed E-state index contributed by atoms with van der Waals surface area (Å²) in [6.45, 7) is 1.63. The number of hydrogen-bond acceptors (Lipinski definition) is 3. The van der Waals surface area contributed by atoms with Crippen molar-refractivity contribution in [2.24, 2.45) is 5.73 Å². The van der Waals surface area contributed by atoms with Crippen LogP contribution in [0.15, 0.2) is 22.7 Å². The van der Waals surface area contributed by atoms with E-state index >= 15 is 0 Å². The standard InChI is InChI=1S/C12H17BrFNO2S/c1-2-18(16,17)7-3-4-12(15)9-5-6-11(14)10(13)8-9/h5-6,8,12H,2-4,7,15H2,1H3. The predicted molar refractivity (Wildman–Crippen MR) is 74.6 cm³/mol. The molecule has 1 atom stereocenters. The third-order valence-electron chi connectivity index (χ3n) is 2.78. The monoisotopic (exact) mass is 337 g/mol. The Kier molecular flexibility index (Phi) is 5.75. The van der Waals surface area contributed by atoms with Gasteiger partial charge in [0.15, 0.2) is 0 Å². The molecule has 18 heavy (non-hydrogen) atoms. The van der Waals surface area contributed by atoms with Crippen molar-refractivity contribution in [3.05, 3.63) is 34.1 Å². The molecule has 0 heterocycles. The largest absolute Gasteiger partial charge is 0.324 e. The smallest absolute Gasteiger partial charge is 0.150 e. The van der Waals surface area contributed by atoms with Gasteiger partial charge in [0.25, 0.3) is 0 Å². The van der Waals surface area contributed by atoms with Crippen LogP contribution < -0.4 is 5.73 Å². The van der Waals surface area contributed by atoms with Gasteiger partial charge in [0.05, 0.1) is 10.2 Å². The molecule has 1 rings (SSSR count). The molecule has 1 unspecified atom stereocenters. The summed E-state index contributed by atoms with van der Waals surface area (Å²) in [7, 11) is -2.94. The molecule has 0 aliphatic rings. The summed E-state index contributed by atoms with van der Waals surface area (Å²) in [5, 5.41) is 0. The second-order valence-corrected chi connectivity index (χ2v) is 7.49. The van der Waals surface area contributed by atoms with Crippen LogP contribution in [-0.2, 0) is 9.84 Å². The summed E-state index contributed by atoms with van der Waals surface area (Å²) >= 11 is 3.10. The minimum atomic E-state index is -2.94. The minimum Gasteiger partial charge on any atom is -0.324 e. The van der Waals surface area contributed by atoms with Crippen LogP contribution in [0.1, 0.15) is 31.4 Å². The lowest BCUT2D eigenvalue weighted by atomic mass is 10.0. The minimum absolute atomic E-state index is 0.152. The summed E-state index contributed by atoms with van der Waals surface area (Å²) in [5.74, 6) is -0.0244. The third-order valence-corrected chi connectivity index (χ3v) is 5.18. The van der Waals surface area contributed by atoms with Gasteiger partial charge in [0.1, 0.15) is 15.7 Å². The van der Waals surface area contributed by atoms with Gasteiger partial charge in [-0.05, 0) is 46.5 Å². The molecule has 102 valence electrons. The van der Waals surface area contributed by atoms with Crippen molar-refractivity contribution in [3.63, 3.8) is 0 Å². The Hall–Kier alpha value is -0.460. The Morgan fingerprint density at radius 2 is 2.11 bits per heavy atom. The third kappa shape index (κ3) is 4.66. The highest BCUT2D eigenvalue weighted by Gasteiger charge is 2.11. The molecule has 0 aliphatic heterocycles. The fraction of sp³-hybridized carbons (Fsp3) is 0.500. The molecule has 0 radical (unpaired) electrons. The molecule has 0 saturated heterocycles. The summed E-state index contributed by atoms with van der Waals surface area (Å²) in [6.07, 6.45) is 1.09. The van der Waals surface area contributed by atoms with Crippen molar-refractivity contribution >= 4 is 25.8 Å². The van der Waals surface area contributed by atoms with Crippen molar-refractivity contribution in [2.45, 2.75) is 25.8 Å². The van der Waals surface area contributed by atoms with Gasteiger partial charge in [-0.1, -0.05) is 13.0 Å². The molecule has 0 bridgehead atoms. The zero-order chi connectivity index (χ0) is 13.8. The lowest BCUT2D eigenvalue weighted by Crippen LogP contribution is -2.14. The van der Waals surface area contributed by atoms with E-state index in [1.54, 1.807) is 19.1 Å². The van der Waals surface area contributed by atoms with Gasteiger partial charge in [-0.2, -0.15) is 0 Å². The van der Waals surface area contributed by atoms with Gasteiger partial charge >= 0.3 is 0 Å². The molecule has 2 N–H and O–H groups in total. The maximum Gasteiger partial charge on any atom is 0.150 e. The maximum absolute atomic E-state index is 13.0. The van der Waals surface area contributed by atoms with Crippen LogP contribution >= 0.6 is 15.9 Å². The van der Waals surface area contributed by atoms with E-state index in [1.807, 2.05) is 0 Å². The Labute approximate surface area is 116 Å². The molecule has 6 heteroatoms. The fourth-order valence-corrected chi connectivity index (χ4v) is 2.87. The van der Waals surface area contributed by atoms with Crippen molar-refractivity contribution in [2.75, 3.05) is 11.5 Å². The van der Waals surface area contributed by atoms with Gasteiger partial charge < -0.3 is 5.73 Å². The first-order valence-corrected chi connectivity index (χ1v) is 8.38. The average Bonchev–Trinajstić information content (AvgIpc) is 2.32. The van der Waals surface area contributed by atoms with E-state index in [-0.39, 0.29) is 23.4 Å². The fourth-order valence-electron chi connectivity index (χ4n) is 1.58. The van der Waals surface area contributed by atoms with E-state index in [0.29, 0.717) is 17.3 Å². The van der Waals surface area contributed by atoms with Gasteiger partial charge in [-0.25, -0.2) is 12.8 Å². The quantitative estimate of drug-likeness (QED) is 0.868. The van der Waals surface area contributed by atoms with Crippen molar-refractivity contribution in [1.82, 2.24) is 0 Å². The number of benzene rings is 1. The summed E-state index contributed by atoms with van der Waals surface area (Å²) in [5.41, 5.74) is 6.75. The normalized spacial score (nSPS) is 13.6. The van der Waals surface area contributed by atoms with Crippen molar-refractivity contribution < 1.29 is 12.8 Å². The molecular formula is C12H17BrFNO2S. The Morgan fingerprint density at radius 3 is 2.67 bits per heavy atom. The van der Waals surface area contributed by atoms with Crippen LogP contribution in [0.2, 0.25) is 0 Å². The SMILES string of the molecule is CCS(=O)(=O)CCCC(N)c1ccc(F)c(Br)c1. The molecular weight excluding hydrogens is 321 g/mol. The van der Waals surface area contributed by atoms with Crippen molar-refractivity contribution in [3.8, 4) is 0 Å². The molecule has 3 nitrogen and oxygen atoms in total. The summed E-state index contributed by atoms with van der Waals surface area (Å²) in [4.78, 5) is 0. The Bertz CT molecular complexity index is 505. The van der Waals surface area contributed by atoms with E-state index in [1.165, 1.54) is 6.07 Å². The molecule has 1 aromatic carbocycles. The maximum atomic E-state index is 13.0. The Balaban J connectivity index is 2.55. The van der Waals surface area contributed by atoms with Gasteiger partial charge in [-0.15, -0.1) is 0 Å². The van der Waals surface area contributed by atoms with Gasteiger partial charge in [0.2, 0.25) is 0 Å². The first-order valence-electron chi connectivity index (χ1n) is 5.76. The Morgan fingerprint density at radius 1 is 1.44 bits per heavy atom. The summed E-state index contributed by atoms with van der Waals surface area (Å²) in [6, 6.07) is 4.34. The molecule has 0 aliphatic carbocycles. The van der Waals surface area contributed by atoms with E-state index in [9.17, 15) is 12.8 Å². The van der Waals surface area contributed by atoms with Crippen LogP contribution in [0.5, 0.6) is 0 Å². The zero-order valence-corrected chi connectivity index (χ0v) is 12.6. The number of nitrogens with two attached hydrogens (primary N) is 1. The molecule has 0 fully saturated rings. The van der Waals surface area contributed by atoms with Crippen LogP contribution in [-0.4, -0.2) is 19.9 Å².